The molecular weight excluding hydrogens is 599 g/mol. The van der Waals surface area contributed by atoms with Crippen molar-refractivity contribution in [2.45, 2.75) is 26.2 Å². The van der Waals surface area contributed by atoms with E-state index in [2.05, 4.69) is 170 Å². The molecule has 0 bridgehead atoms. The fourth-order valence-corrected chi connectivity index (χ4v) is 8.15. The molecule has 0 radical (unpaired) electrons. The molecule has 1 aliphatic carbocycles. The number of anilines is 3. The lowest BCUT2D eigenvalue weighted by Gasteiger charge is -2.28. The van der Waals surface area contributed by atoms with E-state index in [1.807, 2.05) is 6.20 Å². The summed E-state index contributed by atoms with van der Waals surface area (Å²) >= 11 is 0. The average molecular weight is 632 g/mol. The van der Waals surface area contributed by atoms with E-state index in [-0.39, 0.29) is 5.41 Å². The topological polar surface area (TPSA) is 34.2 Å². The van der Waals surface area contributed by atoms with Crippen LogP contribution in [0.3, 0.4) is 0 Å². The maximum Gasteiger partial charge on any atom is 0.145 e. The van der Waals surface area contributed by atoms with Gasteiger partial charge < -0.3 is 8.98 Å². The molecule has 0 saturated carbocycles. The number of para-hydroxylation sites is 3. The SMILES string of the molecule is Cc1ccc(N(c2ccc3c4ccccc4n(-c4ccccc4)c3c2)c2cc3c(c4oc5ccccc5c24)-c2ccccc2C3(C)C)nc1. The number of hydrogen-bond acceptors (Lipinski definition) is 3. The van der Waals surface area contributed by atoms with Crippen LogP contribution in [-0.2, 0) is 5.41 Å². The molecule has 234 valence electrons. The lowest BCUT2D eigenvalue weighted by Crippen LogP contribution is -2.17. The van der Waals surface area contributed by atoms with Crippen molar-refractivity contribution < 1.29 is 4.42 Å². The Bertz CT molecular complexity index is 2750. The summed E-state index contributed by atoms with van der Waals surface area (Å²) in [5, 5.41) is 4.62. The highest BCUT2D eigenvalue weighted by molar-refractivity contribution is 6.19. The highest BCUT2D eigenvalue weighted by atomic mass is 16.3. The summed E-state index contributed by atoms with van der Waals surface area (Å²) in [5.41, 5.74) is 13.2. The molecule has 6 aromatic carbocycles. The molecule has 9 aromatic rings. The van der Waals surface area contributed by atoms with Gasteiger partial charge in [0.05, 0.1) is 22.1 Å². The fraction of sp³-hybridized carbons (Fsp3) is 0.0889. The Kier molecular flexibility index (Phi) is 5.81. The smallest absolute Gasteiger partial charge is 0.145 e. The van der Waals surface area contributed by atoms with Gasteiger partial charge in [0.2, 0.25) is 0 Å². The van der Waals surface area contributed by atoms with Crippen molar-refractivity contribution in [3.05, 3.63) is 162 Å². The standard InChI is InChI=1S/C45H33N3O/c1-28-21-24-41(46-27-28)48(30-22-23-32-31-15-8-11-19-37(31)47(38(32)25-30)29-13-5-4-6-14-29)39-26-36-42(33-16-7-10-18-35(33)45(36,2)3)44-43(39)34-17-9-12-20-40(34)49-44/h4-27H,1-3H3. The van der Waals surface area contributed by atoms with Crippen molar-refractivity contribution in [2.24, 2.45) is 0 Å². The first-order valence-corrected chi connectivity index (χ1v) is 16.9. The number of fused-ring (bicyclic) bond motifs is 10. The van der Waals surface area contributed by atoms with E-state index in [1.54, 1.807) is 0 Å². The molecule has 3 aromatic heterocycles. The van der Waals surface area contributed by atoms with Crippen molar-refractivity contribution in [3.8, 4) is 16.8 Å². The molecule has 4 heteroatoms. The van der Waals surface area contributed by atoms with Gasteiger partial charge in [-0.05, 0) is 77.7 Å². The molecular formula is C45H33N3O. The van der Waals surface area contributed by atoms with Crippen LogP contribution in [0.2, 0.25) is 0 Å². The highest BCUT2D eigenvalue weighted by Crippen LogP contribution is 2.56. The van der Waals surface area contributed by atoms with Crippen molar-refractivity contribution in [3.63, 3.8) is 0 Å². The minimum absolute atomic E-state index is 0.218. The van der Waals surface area contributed by atoms with Gasteiger partial charge >= 0.3 is 0 Å². The average Bonchev–Trinajstić information content (AvgIpc) is 3.75. The number of furan rings is 1. The van der Waals surface area contributed by atoms with Gasteiger partial charge in [-0.1, -0.05) is 105 Å². The predicted molar refractivity (Wildman–Crippen MR) is 203 cm³/mol. The van der Waals surface area contributed by atoms with Crippen LogP contribution < -0.4 is 4.90 Å². The minimum atomic E-state index is -0.218. The van der Waals surface area contributed by atoms with Crippen LogP contribution in [0.15, 0.2) is 150 Å². The molecule has 0 unspecified atom stereocenters. The third-order valence-electron chi connectivity index (χ3n) is 10.5. The molecule has 0 saturated heterocycles. The van der Waals surface area contributed by atoms with Gasteiger partial charge in [0.1, 0.15) is 17.0 Å². The Hall–Kier alpha value is -6.13. The zero-order chi connectivity index (χ0) is 32.9. The minimum Gasteiger partial charge on any atom is -0.455 e. The first-order chi connectivity index (χ1) is 24.0. The van der Waals surface area contributed by atoms with Gasteiger partial charge in [-0.3, -0.25) is 4.90 Å². The molecule has 0 aliphatic heterocycles. The number of rotatable bonds is 4. The molecule has 0 fully saturated rings. The normalized spacial score (nSPS) is 13.4. The van der Waals surface area contributed by atoms with Crippen molar-refractivity contribution >= 4 is 60.9 Å². The van der Waals surface area contributed by atoms with Gasteiger partial charge in [-0.15, -0.1) is 0 Å². The Balaban J connectivity index is 1.33. The summed E-state index contributed by atoms with van der Waals surface area (Å²) in [5.74, 6) is 0.854. The van der Waals surface area contributed by atoms with E-state index in [9.17, 15) is 0 Å². The van der Waals surface area contributed by atoms with E-state index in [0.717, 1.165) is 55.9 Å². The number of pyridine rings is 1. The Morgan fingerprint density at radius 1 is 0.653 bits per heavy atom. The Labute approximate surface area is 284 Å². The summed E-state index contributed by atoms with van der Waals surface area (Å²) in [4.78, 5) is 7.39. The number of hydrogen-bond donors (Lipinski definition) is 0. The van der Waals surface area contributed by atoms with Crippen LogP contribution in [-0.4, -0.2) is 9.55 Å². The Morgan fingerprint density at radius 2 is 1.39 bits per heavy atom. The summed E-state index contributed by atoms with van der Waals surface area (Å²) in [6.45, 7) is 6.74. The summed E-state index contributed by atoms with van der Waals surface area (Å²) in [7, 11) is 0. The zero-order valence-electron chi connectivity index (χ0n) is 27.6. The van der Waals surface area contributed by atoms with Crippen LogP contribution in [0.1, 0.15) is 30.5 Å². The summed E-state index contributed by atoms with van der Waals surface area (Å²) in [6, 6.07) is 50.0. The summed E-state index contributed by atoms with van der Waals surface area (Å²) < 4.78 is 9.24. The first-order valence-electron chi connectivity index (χ1n) is 16.9. The monoisotopic (exact) mass is 631 g/mol. The molecule has 0 atom stereocenters. The zero-order valence-corrected chi connectivity index (χ0v) is 27.6. The highest BCUT2D eigenvalue weighted by Gasteiger charge is 2.39. The predicted octanol–water partition coefficient (Wildman–Crippen LogP) is 12.2. The molecule has 10 rings (SSSR count). The molecule has 0 amide bonds. The third kappa shape index (κ3) is 3.95. The maximum absolute atomic E-state index is 6.86. The number of aromatic nitrogens is 2. The van der Waals surface area contributed by atoms with Gasteiger partial charge in [0.25, 0.3) is 0 Å². The van der Waals surface area contributed by atoms with Gasteiger partial charge in [-0.25, -0.2) is 4.98 Å². The second-order valence-electron chi connectivity index (χ2n) is 13.7. The van der Waals surface area contributed by atoms with E-state index in [0.29, 0.717) is 0 Å². The molecule has 1 aliphatic rings. The third-order valence-corrected chi connectivity index (χ3v) is 10.5. The second kappa shape index (κ2) is 10.2. The van der Waals surface area contributed by atoms with E-state index < -0.39 is 0 Å². The van der Waals surface area contributed by atoms with E-state index in [4.69, 9.17) is 9.40 Å². The van der Waals surface area contributed by atoms with Gasteiger partial charge in [0.15, 0.2) is 0 Å². The molecule has 3 heterocycles. The van der Waals surface area contributed by atoms with E-state index in [1.165, 1.54) is 38.5 Å². The van der Waals surface area contributed by atoms with Crippen molar-refractivity contribution in [1.82, 2.24) is 9.55 Å². The van der Waals surface area contributed by atoms with E-state index >= 15 is 0 Å². The van der Waals surface area contributed by atoms with Crippen molar-refractivity contribution in [1.29, 1.82) is 0 Å². The van der Waals surface area contributed by atoms with Gasteiger partial charge in [0, 0.05) is 44.7 Å². The maximum atomic E-state index is 6.86. The largest absolute Gasteiger partial charge is 0.455 e. The molecule has 49 heavy (non-hydrogen) atoms. The van der Waals surface area contributed by atoms with Crippen LogP contribution in [0.5, 0.6) is 0 Å². The Morgan fingerprint density at radius 3 is 2.22 bits per heavy atom. The van der Waals surface area contributed by atoms with Crippen LogP contribution in [0.25, 0.3) is 60.6 Å². The lowest BCUT2D eigenvalue weighted by atomic mass is 9.82. The fourth-order valence-electron chi connectivity index (χ4n) is 8.15. The molecule has 0 N–H and O–H groups in total. The quantitative estimate of drug-likeness (QED) is 0.194. The number of aryl methyl sites for hydroxylation is 1. The molecule has 4 nitrogen and oxygen atoms in total. The van der Waals surface area contributed by atoms with Gasteiger partial charge in [-0.2, -0.15) is 0 Å². The van der Waals surface area contributed by atoms with Crippen molar-refractivity contribution in [2.75, 3.05) is 4.90 Å². The first kappa shape index (κ1) is 27.9. The van der Waals surface area contributed by atoms with Crippen LogP contribution in [0, 0.1) is 6.92 Å². The van der Waals surface area contributed by atoms with Crippen LogP contribution >= 0.6 is 0 Å². The lowest BCUT2D eigenvalue weighted by molar-refractivity contribution is 0.653. The number of benzene rings is 6. The summed E-state index contributed by atoms with van der Waals surface area (Å²) in [6.07, 6.45) is 1.96. The van der Waals surface area contributed by atoms with Crippen LogP contribution in [0.4, 0.5) is 17.2 Å². The second-order valence-corrected chi connectivity index (χ2v) is 13.7. The number of nitrogens with zero attached hydrogens (tertiary/aromatic N) is 3. The molecule has 0 spiro atoms.